The van der Waals surface area contributed by atoms with E-state index >= 15 is 0 Å². The Kier molecular flexibility index (Phi) is 7.25. The number of hydrogen-bond acceptors (Lipinski definition) is 5. The first-order chi connectivity index (χ1) is 12.7. The van der Waals surface area contributed by atoms with E-state index in [0.717, 1.165) is 44.7 Å². The largest absolute Gasteiger partial charge is 0.483 e. The Hall–Kier alpha value is -2.08. The minimum absolute atomic E-state index is 0.00177. The highest BCUT2D eigenvalue weighted by molar-refractivity contribution is 5.89. The minimum atomic E-state index is -0.384. The van der Waals surface area contributed by atoms with Crippen LogP contribution in [0.5, 0.6) is 5.75 Å². The van der Waals surface area contributed by atoms with E-state index in [1.54, 1.807) is 18.2 Å². The minimum Gasteiger partial charge on any atom is -0.483 e. The lowest BCUT2D eigenvalue weighted by Crippen LogP contribution is -2.50. The zero-order valence-electron chi connectivity index (χ0n) is 17.2. The van der Waals surface area contributed by atoms with Crippen LogP contribution in [0.1, 0.15) is 43.1 Å². The van der Waals surface area contributed by atoms with Crippen molar-refractivity contribution in [2.24, 2.45) is 5.41 Å². The van der Waals surface area contributed by atoms with E-state index in [1.165, 1.54) is 7.11 Å². The number of hydrogen-bond donors (Lipinski definition) is 0. The van der Waals surface area contributed by atoms with E-state index in [0.29, 0.717) is 16.7 Å². The Morgan fingerprint density at radius 2 is 1.78 bits per heavy atom. The van der Waals surface area contributed by atoms with Crippen molar-refractivity contribution in [3.63, 3.8) is 0 Å². The summed E-state index contributed by atoms with van der Waals surface area (Å²) in [4.78, 5) is 28.3. The molecular weight excluding hydrogens is 344 g/mol. The van der Waals surface area contributed by atoms with Crippen molar-refractivity contribution in [3.8, 4) is 5.75 Å². The summed E-state index contributed by atoms with van der Waals surface area (Å²) in [5.41, 5.74) is 1.61. The van der Waals surface area contributed by atoms with Crippen LogP contribution in [-0.2, 0) is 9.53 Å². The van der Waals surface area contributed by atoms with E-state index in [-0.39, 0.29) is 18.5 Å². The van der Waals surface area contributed by atoms with Crippen LogP contribution >= 0.6 is 0 Å². The second-order valence-corrected chi connectivity index (χ2v) is 8.29. The molecule has 0 radical (unpaired) electrons. The van der Waals surface area contributed by atoms with Crippen molar-refractivity contribution < 1.29 is 19.1 Å². The van der Waals surface area contributed by atoms with Gasteiger partial charge in [0, 0.05) is 26.2 Å². The van der Waals surface area contributed by atoms with Crippen molar-refractivity contribution in [2.75, 3.05) is 46.4 Å². The van der Waals surface area contributed by atoms with Gasteiger partial charge in [-0.15, -0.1) is 0 Å². The summed E-state index contributed by atoms with van der Waals surface area (Å²) in [6.07, 6.45) is 1.16. The monoisotopic (exact) mass is 376 g/mol. The van der Waals surface area contributed by atoms with E-state index in [2.05, 4.69) is 25.7 Å². The third-order valence-corrected chi connectivity index (χ3v) is 4.85. The Morgan fingerprint density at radius 1 is 1.11 bits per heavy atom. The number of nitrogens with zero attached hydrogens (tertiary/aromatic N) is 2. The van der Waals surface area contributed by atoms with Gasteiger partial charge in [0.2, 0.25) is 0 Å². The number of aryl methyl sites for hydroxylation is 1. The molecule has 0 saturated carbocycles. The van der Waals surface area contributed by atoms with Gasteiger partial charge in [0.1, 0.15) is 5.75 Å². The second-order valence-electron chi connectivity index (χ2n) is 8.29. The molecule has 0 aliphatic carbocycles. The van der Waals surface area contributed by atoms with E-state index in [1.807, 2.05) is 11.8 Å². The smallest absolute Gasteiger partial charge is 0.337 e. The molecule has 0 atom stereocenters. The normalized spacial score (nSPS) is 15.5. The first-order valence-corrected chi connectivity index (χ1v) is 9.51. The maximum atomic E-state index is 12.4. The molecule has 150 valence electrons. The number of ether oxygens (including phenoxy) is 2. The molecule has 0 N–H and O–H groups in total. The number of carbonyl (C=O) groups excluding carboxylic acids is 2. The maximum absolute atomic E-state index is 12.4. The molecular formula is C21H32N2O4. The Labute approximate surface area is 162 Å². The average molecular weight is 376 g/mol. The van der Waals surface area contributed by atoms with Crippen LogP contribution in [0.25, 0.3) is 0 Å². The van der Waals surface area contributed by atoms with Gasteiger partial charge in [-0.1, -0.05) is 20.8 Å². The predicted molar refractivity (Wildman–Crippen MR) is 105 cm³/mol. The van der Waals surface area contributed by atoms with Gasteiger partial charge in [-0.25, -0.2) is 4.79 Å². The van der Waals surface area contributed by atoms with Crippen LogP contribution in [0, 0.1) is 12.3 Å². The van der Waals surface area contributed by atoms with Crippen molar-refractivity contribution in [2.45, 2.75) is 34.1 Å². The summed E-state index contributed by atoms with van der Waals surface area (Å²) < 4.78 is 10.4. The van der Waals surface area contributed by atoms with E-state index in [9.17, 15) is 9.59 Å². The van der Waals surface area contributed by atoms with Gasteiger partial charge in [0.25, 0.3) is 5.91 Å². The molecule has 6 heteroatoms. The van der Waals surface area contributed by atoms with Crippen molar-refractivity contribution in [3.05, 3.63) is 29.3 Å². The van der Waals surface area contributed by atoms with Gasteiger partial charge in [-0.3, -0.25) is 9.69 Å². The fourth-order valence-corrected chi connectivity index (χ4v) is 3.00. The molecule has 2 rings (SSSR count). The average Bonchev–Trinajstić information content (AvgIpc) is 2.64. The highest BCUT2D eigenvalue weighted by Crippen LogP contribution is 2.21. The quantitative estimate of drug-likeness (QED) is 0.715. The molecule has 0 aromatic heterocycles. The van der Waals surface area contributed by atoms with E-state index < -0.39 is 0 Å². The lowest BCUT2D eigenvalue weighted by atomic mass is 9.92. The number of methoxy groups -OCH3 is 1. The molecule has 1 aromatic carbocycles. The zero-order chi connectivity index (χ0) is 20.0. The summed E-state index contributed by atoms with van der Waals surface area (Å²) in [7, 11) is 1.35. The molecule has 1 heterocycles. The fraction of sp³-hybridized carbons (Fsp3) is 0.619. The molecule has 0 unspecified atom stereocenters. The van der Waals surface area contributed by atoms with Crippen molar-refractivity contribution in [1.29, 1.82) is 0 Å². The van der Waals surface area contributed by atoms with Crippen LogP contribution in [-0.4, -0.2) is 68.1 Å². The number of rotatable bonds is 6. The third kappa shape index (κ3) is 6.54. The number of piperazine rings is 1. The molecule has 1 saturated heterocycles. The van der Waals surface area contributed by atoms with Gasteiger partial charge < -0.3 is 14.4 Å². The van der Waals surface area contributed by atoms with Crippen LogP contribution in [0.2, 0.25) is 0 Å². The molecule has 1 fully saturated rings. The highest BCUT2D eigenvalue weighted by Gasteiger charge is 2.22. The molecule has 1 aliphatic heterocycles. The molecule has 6 nitrogen and oxygen atoms in total. The number of benzene rings is 1. The maximum Gasteiger partial charge on any atom is 0.337 e. The molecule has 1 amide bonds. The molecule has 27 heavy (non-hydrogen) atoms. The lowest BCUT2D eigenvalue weighted by molar-refractivity contribution is -0.135. The summed E-state index contributed by atoms with van der Waals surface area (Å²) in [5.74, 6) is 0.229. The zero-order valence-corrected chi connectivity index (χ0v) is 17.2. The third-order valence-electron chi connectivity index (χ3n) is 4.85. The van der Waals surface area contributed by atoms with Gasteiger partial charge in [-0.05, 0) is 49.1 Å². The Bertz CT molecular complexity index is 659. The van der Waals surface area contributed by atoms with E-state index in [4.69, 9.17) is 9.47 Å². The predicted octanol–water partition coefficient (Wildman–Crippen LogP) is 2.74. The second kappa shape index (κ2) is 9.22. The highest BCUT2D eigenvalue weighted by atomic mass is 16.5. The van der Waals surface area contributed by atoms with Gasteiger partial charge in [0.15, 0.2) is 6.61 Å². The van der Waals surface area contributed by atoms with Crippen molar-refractivity contribution in [1.82, 2.24) is 9.80 Å². The summed E-state index contributed by atoms with van der Waals surface area (Å²) in [6.45, 7) is 13.0. The van der Waals surface area contributed by atoms with Gasteiger partial charge in [0.05, 0.1) is 12.7 Å². The number of esters is 1. The molecule has 0 bridgehead atoms. The van der Waals surface area contributed by atoms with Crippen LogP contribution in [0.15, 0.2) is 18.2 Å². The first kappa shape index (κ1) is 21.2. The molecule has 1 aromatic rings. The molecule has 0 spiro atoms. The number of amides is 1. The standard InChI is InChI=1S/C21H32N2O4/c1-16-14-17(20(25)26-5)6-7-18(16)27-15-19(24)23-12-10-22(11-13-23)9-8-21(2,3)4/h6-7,14H,8-13,15H2,1-5H3. The van der Waals surface area contributed by atoms with Gasteiger partial charge in [-0.2, -0.15) is 0 Å². The first-order valence-electron chi connectivity index (χ1n) is 9.51. The summed E-state index contributed by atoms with van der Waals surface area (Å²) >= 11 is 0. The fourth-order valence-electron chi connectivity index (χ4n) is 3.00. The molecule has 1 aliphatic rings. The van der Waals surface area contributed by atoms with Crippen LogP contribution < -0.4 is 4.74 Å². The summed E-state index contributed by atoms with van der Waals surface area (Å²) in [6, 6.07) is 5.06. The van der Waals surface area contributed by atoms with Crippen LogP contribution in [0.4, 0.5) is 0 Å². The SMILES string of the molecule is COC(=O)c1ccc(OCC(=O)N2CCN(CCC(C)(C)C)CC2)c(C)c1. The topological polar surface area (TPSA) is 59.1 Å². The van der Waals surface area contributed by atoms with Gasteiger partial charge >= 0.3 is 5.97 Å². The van der Waals surface area contributed by atoms with Crippen molar-refractivity contribution >= 4 is 11.9 Å². The summed E-state index contributed by atoms with van der Waals surface area (Å²) in [5, 5.41) is 0. The number of carbonyl (C=O) groups is 2. The van der Waals surface area contributed by atoms with Crippen LogP contribution in [0.3, 0.4) is 0 Å². The lowest BCUT2D eigenvalue weighted by Gasteiger charge is -2.35. The Balaban J connectivity index is 1.79. The Morgan fingerprint density at radius 3 is 2.33 bits per heavy atom.